The number of hydrogen-bond donors (Lipinski definition) is 1. The largest absolute Gasteiger partial charge is 0.478 e. The third kappa shape index (κ3) is 7.67. The van der Waals surface area contributed by atoms with Crippen LogP contribution in [0.25, 0.3) is 10.6 Å². The van der Waals surface area contributed by atoms with Crippen molar-refractivity contribution in [2.75, 3.05) is 6.26 Å². The van der Waals surface area contributed by atoms with E-state index in [0.717, 1.165) is 38.7 Å². The summed E-state index contributed by atoms with van der Waals surface area (Å²) < 4.78 is 45.1. The summed E-state index contributed by atoms with van der Waals surface area (Å²) in [5, 5.41) is 10.2. The molecule has 0 aliphatic rings. The summed E-state index contributed by atoms with van der Waals surface area (Å²) in [6.07, 6.45) is -1.43. The maximum absolute atomic E-state index is 13.1. The molecule has 1 unspecified atom stereocenters. The molecule has 3 aromatic carbocycles. The van der Waals surface area contributed by atoms with Crippen LogP contribution in [0.2, 0.25) is 0 Å². The summed E-state index contributed by atoms with van der Waals surface area (Å²) in [7, 11) is 0. The van der Waals surface area contributed by atoms with Gasteiger partial charge in [-0.05, 0) is 80.1 Å². The number of thioether (sulfide) groups is 2. The number of carboxylic acid groups (broad SMARTS) is 1. The van der Waals surface area contributed by atoms with Crippen molar-refractivity contribution in [2.24, 2.45) is 0 Å². The van der Waals surface area contributed by atoms with Crippen LogP contribution in [-0.2, 0) is 23.1 Å². The van der Waals surface area contributed by atoms with Crippen molar-refractivity contribution < 1.29 is 27.8 Å². The minimum absolute atomic E-state index is 0.327. The number of aromatic nitrogens is 1. The van der Waals surface area contributed by atoms with Gasteiger partial charge < -0.3 is 9.84 Å². The Kier molecular flexibility index (Phi) is 9.77. The van der Waals surface area contributed by atoms with Crippen LogP contribution < -0.4 is 4.74 Å². The lowest BCUT2D eigenvalue weighted by molar-refractivity contribution is -0.154. The number of carboxylic acids is 1. The highest BCUT2D eigenvalue weighted by Crippen LogP contribution is 2.37. The molecule has 0 radical (unpaired) electrons. The highest BCUT2D eigenvalue weighted by atomic mass is 32.2. The van der Waals surface area contributed by atoms with E-state index < -0.39 is 23.3 Å². The smallest absolute Gasteiger partial charge is 0.416 e. The molecule has 4 nitrogen and oxygen atoms in total. The third-order valence-electron chi connectivity index (χ3n) is 6.75. The SMILES string of the molecule is CCC(C)(Oc1ccc(SCc2sc(-c3ccc(C(F)(F)F)cc3)nc2Cc2ccc(SC)cc2)cc1C)C(=O)O. The first-order valence-corrected chi connectivity index (χ1v) is 15.9. The van der Waals surface area contributed by atoms with E-state index in [4.69, 9.17) is 9.72 Å². The molecule has 1 atom stereocenters. The fraction of sp³-hybridized carbons (Fsp3) is 0.290. The summed E-state index contributed by atoms with van der Waals surface area (Å²) in [6, 6.07) is 19.1. The number of benzene rings is 3. The lowest BCUT2D eigenvalue weighted by atomic mass is 10.0. The quantitative estimate of drug-likeness (QED) is 0.169. The number of nitrogens with zero attached hydrogens (tertiary/aromatic N) is 1. The molecule has 10 heteroatoms. The number of alkyl halides is 3. The predicted octanol–water partition coefficient (Wildman–Crippen LogP) is 9.37. The van der Waals surface area contributed by atoms with Gasteiger partial charge in [-0.1, -0.05) is 31.2 Å². The van der Waals surface area contributed by atoms with Crippen LogP contribution in [0.1, 0.15) is 47.5 Å². The topological polar surface area (TPSA) is 59.4 Å². The number of aryl methyl sites for hydroxylation is 1. The first-order chi connectivity index (χ1) is 19.4. The molecule has 0 saturated carbocycles. The molecule has 1 heterocycles. The number of aliphatic carboxylic acids is 1. The van der Waals surface area contributed by atoms with Gasteiger partial charge in [-0.3, -0.25) is 0 Å². The zero-order valence-electron chi connectivity index (χ0n) is 23.0. The molecular weight excluding hydrogens is 588 g/mol. The van der Waals surface area contributed by atoms with Crippen molar-refractivity contribution in [1.29, 1.82) is 0 Å². The van der Waals surface area contributed by atoms with E-state index in [1.807, 2.05) is 25.3 Å². The van der Waals surface area contributed by atoms with Gasteiger partial charge in [0, 0.05) is 32.4 Å². The van der Waals surface area contributed by atoms with Gasteiger partial charge in [0.2, 0.25) is 5.60 Å². The lowest BCUT2D eigenvalue weighted by Crippen LogP contribution is -2.40. The average Bonchev–Trinajstić information content (AvgIpc) is 3.35. The molecule has 4 rings (SSSR count). The first kappa shape index (κ1) is 31.0. The highest BCUT2D eigenvalue weighted by Gasteiger charge is 2.34. The summed E-state index contributed by atoms with van der Waals surface area (Å²) >= 11 is 4.77. The molecule has 1 N–H and O–H groups in total. The van der Waals surface area contributed by atoms with Crippen LogP contribution in [-0.4, -0.2) is 27.9 Å². The van der Waals surface area contributed by atoms with Gasteiger partial charge in [0.05, 0.1) is 11.3 Å². The number of rotatable bonds is 11. The molecule has 0 aliphatic heterocycles. The standard InChI is InChI=1S/C31H30F3NO3S3/c1-5-30(3,29(36)37)38-26-15-14-24(16-19(26)2)40-18-27-25(17-20-6-12-23(39-4)13-7-20)35-28(41-27)21-8-10-22(11-9-21)31(32,33)34/h6-16H,5,17-18H2,1-4H3,(H,36,37). The Bertz CT molecular complexity index is 1500. The Hall–Kier alpha value is -2.95. The Morgan fingerprint density at radius 2 is 1.68 bits per heavy atom. The summed E-state index contributed by atoms with van der Waals surface area (Å²) in [6.45, 7) is 5.22. The maximum atomic E-state index is 13.1. The second kappa shape index (κ2) is 12.9. The summed E-state index contributed by atoms with van der Waals surface area (Å²) in [5.74, 6) is 0.137. The van der Waals surface area contributed by atoms with E-state index in [2.05, 4.69) is 24.3 Å². The zero-order chi connectivity index (χ0) is 29.8. The minimum Gasteiger partial charge on any atom is -0.478 e. The summed E-state index contributed by atoms with van der Waals surface area (Å²) in [5.41, 5.74) is 1.49. The van der Waals surface area contributed by atoms with Crippen molar-refractivity contribution in [2.45, 2.75) is 60.9 Å². The van der Waals surface area contributed by atoms with E-state index in [9.17, 15) is 23.1 Å². The van der Waals surface area contributed by atoms with E-state index in [-0.39, 0.29) is 0 Å². The van der Waals surface area contributed by atoms with Crippen LogP contribution in [0.15, 0.2) is 76.5 Å². The van der Waals surface area contributed by atoms with Crippen LogP contribution in [0, 0.1) is 6.92 Å². The second-order valence-electron chi connectivity index (χ2n) is 9.70. The fourth-order valence-electron chi connectivity index (χ4n) is 3.98. The second-order valence-corrected chi connectivity index (χ2v) is 12.7. The van der Waals surface area contributed by atoms with E-state index in [1.54, 1.807) is 43.4 Å². The Balaban J connectivity index is 1.58. The zero-order valence-corrected chi connectivity index (χ0v) is 25.5. The Morgan fingerprint density at radius 1 is 1.02 bits per heavy atom. The van der Waals surface area contributed by atoms with Gasteiger partial charge in [-0.15, -0.1) is 34.9 Å². The van der Waals surface area contributed by atoms with Crippen molar-refractivity contribution in [1.82, 2.24) is 4.98 Å². The predicted molar refractivity (Wildman–Crippen MR) is 161 cm³/mol. The van der Waals surface area contributed by atoms with Gasteiger partial charge in [-0.2, -0.15) is 13.2 Å². The Labute approximate surface area is 250 Å². The lowest BCUT2D eigenvalue weighted by Gasteiger charge is -2.26. The van der Waals surface area contributed by atoms with Crippen LogP contribution in [0.5, 0.6) is 5.75 Å². The van der Waals surface area contributed by atoms with Gasteiger partial charge in [0.25, 0.3) is 0 Å². The number of carbonyl (C=O) groups is 1. The van der Waals surface area contributed by atoms with Crippen LogP contribution >= 0.6 is 34.9 Å². The van der Waals surface area contributed by atoms with Gasteiger partial charge in [0.15, 0.2) is 0 Å². The molecule has 0 fully saturated rings. The molecule has 0 saturated heterocycles. The third-order valence-corrected chi connectivity index (χ3v) is 9.84. The van der Waals surface area contributed by atoms with Crippen LogP contribution in [0.3, 0.4) is 0 Å². The van der Waals surface area contributed by atoms with Crippen molar-refractivity contribution in [3.63, 3.8) is 0 Å². The minimum atomic E-state index is -4.39. The average molecular weight is 618 g/mol. The number of ether oxygens (including phenoxy) is 1. The number of halogens is 3. The maximum Gasteiger partial charge on any atom is 0.416 e. The van der Waals surface area contributed by atoms with Gasteiger partial charge >= 0.3 is 12.1 Å². The number of hydrogen-bond acceptors (Lipinski definition) is 6. The van der Waals surface area contributed by atoms with Gasteiger partial charge in [0.1, 0.15) is 10.8 Å². The molecule has 0 aliphatic carbocycles. The van der Waals surface area contributed by atoms with Crippen molar-refractivity contribution in [3.05, 3.63) is 94.0 Å². The normalized spacial score (nSPS) is 13.1. The fourth-order valence-corrected chi connectivity index (χ4v) is 6.57. The van der Waals surface area contributed by atoms with E-state index in [0.29, 0.717) is 34.9 Å². The molecule has 0 spiro atoms. The molecule has 1 aromatic heterocycles. The van der Waals surface area contributed by atoms with E-state index >= 15 is 0 Å². The van der Waals surface area contributed by atoms with Crippen molar-refractivity contribution >= 4 is 40.8 Å². The van der Waals surface area contributed by atoms with E-state index in [1.165, 1.54) is 28.4 Å². The van der Waals surface area contributed by atoms with Crippen LogP contribution in [0.4, 0.5) is 13.2 Å². The van der Waals surface area contributed by atoms with Crippen molar-refractivity contribution in [3.8, 4) is 16.3 Å². The first-order valence-electron chi connectivity index (χ1n) is 12.9. The van der Waals surface area contributed by atoms with Gasteiger partial charge in [-0.25, -0.2) is 9.78 Å². The molecule has 0 bridgehead atoms. The molecular formula is C31H30F3NO3S3. The molecule has 0 amide bonds. The monoisotopic (exact) mass is 617 g/mol. The molecule has 4 aromatic rings. The molecule has 216 valence electrons. The summed E-state index contributed by atoms with van der Waals surface area (Å²) in [4.78, 5) is 19.7. The Morgan fingerprint density at radius 3 is 2.24 bits per heavy atom. The molecule has 41 heavy (non-hydrogen) atoms. The number of thiazole rings is 1. The highest BCUT2D eigenvalue weighted by molar-refractivity contribution is 7.98.